The van der Waals surface area contributed by atoms with Crippen LogP contribution < -0.4 is 5.32 Å². The van der Waals surface area contributed by atoms with Gasteiger partial charge < -0.3 is 10.4 Å². The summed E-state index contributed by atoms with van der Waals surface area (Å²) in [6.45, 7) is 5.70. The van der Waals surface area contributed by atoms with Gasteiger partial charge in [-0.15, -0.1) is 0 Å². The molecule has 0 aromatic carbocycles. The zero-order chi connectivity index (χ0) is 14.4. The van der Waals surface area contributed by atoms with E-state index in [0.29, 0.717) is 10.7 Å². The predicted molar refractivity (Wildman–Crippen MR) is 75.7 cm³/mol. The number of carboxylic acid groups (broad SMARTS) is 1. The van der Waals surface area contributed by atoms with Crippen molar-refractivity contribution in [3.8, 4) is 0 Å². The molecule has 1 rings (SSSR count). The first-order valence-electron chi connectivity index (χ1n) is 6.51. The van der Waals surface area contributed by atoms with E-state index in [4.69, 9.17) is 5.11 Å². The smallest absolute Gasteiger partial charge is 0.340 e. The molecule has 0 fully saturated rings. The topological polar surface area (TPSA) is 79.3 Å². The standard InChI is InChI=1S/C13H20N2O3S/c1-4-6-9(7-5-2)11(16)14-12-10(13(17)18)8(3)15-19-12/h9H,4-7H2,1-3H3,(H,14,16)(H,17,18). The Morgan fingerprint density at radius 3 is 2.37 bits per heavy atom. The van der Waals surface area contributed by atoms with Gasteiger partial charge in [-0.2, -0.15) is 4.37 Å². The third-order valence-corrected chi connectivity index (χ3v) is 3.81. The number of carbonyl (C=O) groups excluding carboxylic acids is 1. The van der Waals surface area contributed by atoms with Gasteiger partial charge in [-0.1, -0.05) is 26.7 Å². The Labute approximate surface area is 117 Å². The first-order valence-corrected chi connectivity index (χ1v) is 7.28. The highest BCUT2D eigenvalue weighted by atomic mass is 32.1. The minimum absolute atomic E-state index is 0.0564. The van der Waals surface area contributed by atoms with E-state index in [1.54, 1.807) is 6.92 Å². The normalized spacial score (nSPS) is 10.7. The number of amides is 1. The molecule has 0 radical (unpaired) electrons. The van der Waals surface area contributed by atoms with Crippen molar-refractivity contribution in [3.63, 3.8) is 0 Å². The zero-order valence-electron chi connectivity index (χ0n) is 11.5. The van der Waals surface area contributed by atoms with Crippen molar-refractivity contribution in [2.75, 3.05) is 5.32 Å². The lowest BCUT2D eigenvalue weighted by Gasteiger charge is -2.14. The number of nitrogens with zero attached hydrogens (tertiary/aromatic N) is 1. The van der Waals surface area contributed by atoms with Gasteiger partial charge in [0, 0.05) is 5.92 Å². The van der Waals surface area contributed by atoms with Crippen LogP contribution in [0.2, 0.25) is 0 Å². The van der Waals surface area contributed by atoms with Crippen LogP contribution in [0.1, 0.15) is 55.6 Å². The number of anilines is 1. The molecular weight excluding hydrogens is 264 g/mol. The fourth-order valence-corrected chi connectivity index (χ4v) is 2.82. The highest BCUT2D eigenvalue weighted by Gasteiger charge is 2.22. The maximum atomic E-state index is 12.2. The van der Waals surface area contributed by atoms with E-state index in [1.807, 2.05) is 13.8 Å². The largest absolute Gasteiger partial charge is 0.478 e. The highest BCUT2D eigenvalue weighted by molar-refractivity contribution is 7.11. The Bertz CT molecular complexity index is 451. The number of carboxylic acids is 1. The van der Waals surface area contributed by atoms with Crippen molar-refractivity contribution in [1.29, 1.82) is 0 Å². The van der Waals surface area contributed by atoms with E-state index in [1.165, 1.54) is 0 Å². The van der Waals surface area contributed by atoms with Crippen molar-refractivity contribution < 1.29 is 14.7 Å². The Hall–Kier alpha value is -1.43. The summed E-state index contributed by atoms with van der Waals surface area (Å²) >= 11 is 1.02. The minimum Gasteiger partial charge on any atom is -0.478 e. The number of aromatic carboxylic acids is 1. The predicted octanol–water partition coefficient (Wildman–Crippen LogP) is 3.30. The Balaban J connectivity index is 2.83. The second kappa shape index (κ2) is 7.23. The van der Waals surface area contributed by atoms with Crippen LogP contribution >= 0.6 is 11.5 Å². The number of aryl methyl sites for hydroxylation is 1. The van der Waals surface area contributed by atoms with E-state index < -0.39 is 5.97 Å². The summed E-state index contributed by atoms with van der Waals surface area (Å²) in [6, 6.07) is 0. The van der Waals surface area contributed by atoms with Crippen LogP contribution in [0.4, 0.5) is 5.00 Å². The van der Waals surface area contributed by atoms with Crippen LogP contribution in [0.15, 0.2) is 0 Å². The van der Waals surface area contributed by atoms with Crippen molar-refractivity contribution in [1.82, 2.24) is 4.37 Å². The first kappa shape index (κ1) is 15.6. The average molecular weight is 284 g/mol. The Morgan fingerprint density at radius 2 is 1.89 bits per heavy atom. The van der Waals surface area contributed by atoms with Crippen molar-refractivity contribution in [3.05, 3.63) is 11.3 Å². The van der Waals surface area contributed by atoms with Gasteiger partial charge in [-0.25, -0.2) is 4.79 Å². The van der Waals surface area contributed by atoms with Crippen LogP contribution in [-0.2, 0) is 4.79 Å². The molecule has 6 heteroatoms. The van der Waals surface area contributed by atoms with E-state index >= 15 is 0 Å². The molecule has 5 nitrogen and oxygen atoms in total. The molecule has 0 spiro atoms. The average Bonchev–Trinajstić information content (AvgIpc) is 2.70. The molecule has 1 heterocycles. The molecular formula is C13H20N2O3S. The number of rotatable bonds is 7. The summed E-state index contributed by atoms with van der Waals surface area (Å²) < 4.78 is 3.99. The molecule has 19 heavy (non-hydrogen) atoms. The lowest BCUT2D eigenvalue weighted by Crippen LogP contribution is -2.23. The van der Waals surface area contributed by atoms with Crippen molar-refractivity contribution in [2.45, 2.75) is 46.5 Å². The SMILES string of the molecule is CCCC(CCC)C(=O)Nc1snc(C)c1C(=O)O. The maximum Gasteiger partial charge on any atom is 0.340 e. The van der Waals surface area contributed by atoms with Crippen LogP contribution in [0, 0.1) is 12.8 Å². The molecule has 0 saturated heterocycles. The lowest BCUT2D eigenvalue weighted by molar-refractivity contribution is -0.120. The van der Waals surface area contributed by atoms with Crippen LogP contribution in [0.5, 0.6) is 0 Å². The summed E-state index contributed by atoms with van der Waals surface area (Å²) in [5.74, 6) is -1.21. The van der Waals surface area contributed by atoms with E-state index in [-0.39, 0.29) is 17.4 Å². The van der Waals surface area contributed by atoms with Gasteiger partial charge in [0.25, 0.3) is 0 Å². The van der Waals surface area contributed by atoms with Crippen molar-refractivity contribution >= 4 is 28.4 Å². The number of hydrogen-bond acceptors (Lipinski definition) is 4. The van der Waals surface area contributed by atoms with Gasteiger partial charge in [0.15, 0.2) is 0 Å². The number of nitrogens with one attached hydrogen (secondary N) is 1. The lowest BCUT2D eigenvalue weighted by atomic mass is 9.97. The molecule has 106 valence electrons. The quantitative estimate of drug-likeness (QED) is 0.805. The van der Waals surface area contributed by atoms with E-state index in [2.05, 4.69) is 9.69 Å². The molecule has 1 aromatic heterocycles. The summed E-state index contributed by atoms with van der Waals surface area (Å²) in [7, 11) is 0. The third kappa shape index (κ3) is 4.02. The molecule has 2 N–H and O–H groups in total. The fraction of sp³-hybridized carbons (Fsp3) is 0.615. The molecule has 0 saturated carbocycles. The minimum atomic E-state index is -1.05. The van der Waals surface area contributed by atoms with Crippen LogP contribution in [-0.4, -0.2) is 21.4 Å². The maximum absolute atomic E-state index is 12.2. The van der Waals surface area contributed by atoms with Gasteiger partial charge in [0.1, 0.15) is 10.6 Å². The van der Waals surface area contributed by atoms with Gasteiger partial charge in [0.05, 0.1) is 5.69 Å². The van der Waals surface area contributed by atoms with Crippen LogP contribution in [0.3, 0.4) is 0 Å². The summed E-state index contributed by atoms with van der Waals surface area (Å²) in [6.07, 6.45) is 3.51. The number of aromatic nitrogens is 1. The molecule has 1 aromatic rings. The molecule has 0 aliphatic rings. The summed E-state index contributed by atoms with van der Waals surface area (Å²) in [5.41, 5.74) is 0.542. The Kier molecular flexibility index (Phi) is 5.95. The van der Waals surface area contributed by atoms with Crippen LogP contribution in [0.25, 0.3) is 0 Å². The summed E-state index contributed by atoms with van der Waals surface area (Å²) in [4.78, 5) is 23.3. The van der Waals surface area contributed by atoms with Gasteiger partial charge in [0.2, 0.25) is 5.91 Å². The molecule has 0 unspecified atom stereocenters. The van der Waals surface area contributed by atoms with Gasteiger partial charge in [-0.05, 0) is 31.3 Å². The highest BCUT2D eigenvalue weighted by Crippen LogP contribution is 2.26. The monoisotopic (exact) mass is 284 g/mol. The molecule has 0 aliphatic heterocycles. The van der Waals surface area contributed by atoms with E-state index in [9.17, 15) is 9.59 Å². The third-order valence-electron chi connectivity index (χ3n) is 2.96. The summed E-state index contributed by atoms with van der Waals surface area (Å²) in [5, 5.41) is 12.2. The second-order valence-electron chi connectivity index (χ2n) is 4.54. The number of carbonyl (C=O) groups is 2. The second-order valence-corrected chi connectivity index (χ2v) is 5.31. The Morgan fingerprint density at radius 1 is 1.32 bits per heavy atom. The van der Waals surface area contributed by atoms with Gasteiger partial charge in [-0.3, -0.25) is 4.79 Å². The van der Waals surface area contributed by atoms with E-state index in [0.717, 1.165) is 37.2 Å². The fourth-order valence-electron chi connectivity index (χ4n) is 2.02. The zero-order valence-corrected chi connectivity index (χ0v) is 12.3. The number of hydrogen-bond donors (Lipinski definition) is 2. The first-order chi connectivity index (χ1) is 9.01. The molecule has 0 bridgehead atoms. The van der Waals surface area contributed by atoms with Gasteiger partial charge >= 0.3 is 5.97 Å². The molecule has 1 amide bonds. The molecule has 0 aliphatic carbocycles. The molecule has 0 atom stereocenters. The van der Waals surface area contributed by atoms with Crippen molar-refractivity contribution in [2.24, 2.45) is 5.92 Å².